The third-order valence-electron chi connectivity index (χ3n) is 2.51. The lowest BCUT2D eigenvalue weighted by Crippen LogP contribution is -2.08. The first kappa shape index (κ1) is 10.3. The van der Waals surface area contributed by atoms with Crippen molar-refractivity contribution in [1.29, 1.82) is 0 Å². The highest BCUT2D eigenvalue weighted by Gasteiger charge is 2.07. The zero-order valence-corrected chi connectivity index (χ0v) is 9.02. The van der Waals surface area contributed by atoms with E-state index in [-0.39, 0.29) is 0 Å². The SMILES string of the molecule is CNCCCc1c(C)nn(C)c1C. The van der Waals surface area contributed by atoms with Gasteiger partial charge in [-0.15, -0.1) is 0 Å². The minimum absolute atomic E-state index is 1.08. The molecule has 0 saturated carbocycles. The minimum Gasteiger partial charge on any atom is -0.320 e. The summed E-state index contributed by atoms with van der Waals surface area (Å²) in [5, 5.41) is 7.54. The van der Waals surface area contributed by atoms with Crippen molar-refractivity contribution in [3.63, 3.8) is 0 Å². The lowest BCUT2D eigenvalue weighted by Gasteiger charge is -2.01. The number of hydrogen-bond donors (Lipinski definition) is 1. The molecule has 0 aromatic carbocycles. The molecular weight excluding hydrogens is 162 g/mol. The molecular formula is C10H19N3. The number of hydrogen-bond acceptors (Lipinski definition) is 2. The Bertz CT molecular complexity index is 276. The van der Waals surface area contributed by atoms with E-state index >= 15 is 0 Å². The molecule has 3 nitrogen and oxygen atoms in total. The lowest BCUT2D eigenvalue weighted by atomic mass is 10.1. The molecule has 0 aliphatic rings. The molecule has 0 aliphatic carbocycles. The molecule has 0 spiro atoms. The molecule has 0 radical (unpaired) electrons. The zero-order chi connectivity index (χ0) is 9.84. The van der Waals surface area contributed by atoms with Gasteiger partial charge in [0.15, 0.2) is 0 Å². The second-order valence-corrected chi connectivity index (χ2v) is 3.48. The second-order valence-electron chi connectivity index (χ2n) is 3.48. The molecule has 1 aromatic heterocycles. The average molecular weight is 181 g/mol. The Kier molecular flexibility index (Phi) is 3.48. The molecule has 0 fully saturated rings. The highest BCUT2D eigenvalue weighted by Crippen LogP contribution is 2.13. The summed E-state index contributed by atoms with van der Waals surface area (Å²) in [6.45, 7) is 5.30. The first-order chi connectivity index (χ1) is 6.16. The molecule has 0 aliphatic heterocycles. The van der Waals surface area contributed by atoms with Crippen molar-refractivity contribution in [2.45, 2.75) is 26.7 Å². The predicted octanol–water partition coefficient (Wildman–Crippen LogP) is 1.19. The van der Waals surface area contributed by atoms with Crippen molar-refractivity contribution < 1.29 is 0 Å². The summed E-state index contributed by atoms with van der Waals surface area (Å²) in [5.41, 5.74) is 3.89. The van der Waals surface area contributed by atoms with E-state index in [0.29, 0.717) is 0 Å². The van der Waals surface area contributed by atoms with E-state index in [1.54, 1.807) is 0 Å². The van der Waals surface area contributed by atoms with Gasteiger partial charge in [-0.25, -0.2) is 0 Å². The monoisotopic (exact) mass is 181 g/mol. The topological polar surface area (TPSA) is 29.9 Å². The Morgan fingerprint density at radius 1 is 1.38 bits per heavy atom. The summed E-state index contributed by atoms with van der Waals surface area (Å²) in [4.78, 5) is 0. The summed E-state index contributed by atoms with van der Waals surface area (Å²) in [6, 6.07) is 0. The van der Waals surface area contributed by atoms with E-state index in [9.17, 15) is 0 Å². The fraction of sp³-hybridized carbons (Fsp3) is 0.700. The average Bonchev–Trinajstić information content (AvgIpc) is 2.32. The van der Waals surface area contributed by atoms with Gasteiger partial charge in [0.25, 0.3) is 0 Å². The van der Waals surface area contributed by atoms with Gasteiger partial charge in [-0.05, 0) is 45.8 Å². The van der Waals surface area contributed by atoms with Crippen LogP contribution in [-0.2, 0) is 13.5 Å². The maximum absolute atomic E-state index is 4.39. The largest absolute Gasteiger partial charge is 0.320 e. The molecule has 0 saturated heterocycles. The molecule has 0 amide bonds. The number of nitrogens with zero attached hydrogens (tertiary/aromatic N) is 2. The van der Waals surface area contributed by atoms with Crippen LogP contribution >= 0.6 is 0 Å². The van der Waals surface area contributed by atoms with E-state index in [4.69, 9.17) is 0 Å². The van der Waals surface area contributed by atoms with E-state index in [2.05, 4.69) is 24.3 Å². The Morgan fingerprint density at radius 2 is 2.08 bits per heavy atom. The molecule has 1 heterocycles. The van der Waals surface area contributed by atoms with Gasteiger partial charge in [0.2, 0.25) is 0 Å². The van der Waals surface area contributed by atoms with Crippen LogP contribution in [0.25, 0.3) is 0 Å². The fourth-order valence-electron chi connectivity index (χ4n) is 1.62. The van der Waals surface area contributed by atoms with Gasteiger partial charge in [-0.2, -0.15) is 5.10 Å². The molecule has 13 heavy (non-hydrogen) atoms. The quantitative estimate of drug-likeness (QED) is 0.707. The number of aromatic nitrogens is 2. The Morgan fingerprint density at radius 3 is 2.54 bits per heavy atom. The predicted molar refractivity (Wildman–Crippen MR) is 54.9 cm³/mol. The number of aryl methyl sites for hydroxylation is 2. The van der Waals surface area contributed by atoms with Crippen molar-refractivity contribution >= 4 is 0 Å². The second kappa shape index (κ2) is 4.42. The normalized spacial score (nSPS) is 10.8. The van der Waals surface area contributed by atoms with Crippen LogP contribution in [0.5, 0.6) is 0 Å². The summed E-state index contributed by atoms with van der Waals surface area (Å²) in [5.74, 6) is 0. The fourth-order valence-corrected chi connectivity index (χ4v) is 1.62. The Balaban J connectivity index is 2.64. The van der Waals surface area contributed by atoms with E-state index in [1.165, 1.54) is 23.4 Å². The molecule has 0 atom stereocenters. The molecule has 3 heteroatoms. The maximum atomic E-state index is 4.39. The summed E-state index contributed by atoms with van der Waals surface area (Å²) < 4.78 is 1.96. The van der Waals surface area contributed by atoms with Crippen LogP contribution in [0.1, 0.15) is 23.4 Å². The van der Waals surface area contributed by atoms with E-state index < -0.39 is 0 Å². The van der Waals surface area contributed by atoms with Gasteiger partial charge < -0.3 is 5.32 Å². The summed E-state index contributed by atoms with van der Waals surface area (Å²) in [7, 11) is 3.99. The number of rotatable bonds is 4. The van der Waals surface area contributed by atoms with Crippen molar-refractivity contribution in [1.82, 2.24) is 15.1 Å². The minimum atomic E-state index is 1.08. The Labute approximate surface area is 80.1 Å². The molecule has 1 aromatic rings. The van der Waals surface area contributed by atoms with Crippen LogP contribution in [0.3, 0.4) is 0 Å². The summed E-state index contributed by atoms with van der Waals surface area (Å²) >= 11 is 0. The molecule has 1 rings (SSSR count). The van der Waals surface area contributed by atoms with Crippen molar-refractivity contribution in [3.05, 3.63) is 17.0 Å². The van der Waals surface area contributed by atoms with Crippen molar-refractivity contribution in [2.24, 2.45) is 7.05 Å². The third kappa shape index (κ3) is 2.31. The van der Waals surface area contributed by atoms with Gasteiger partial charge in [0.1, 0.15) is 0 Å². The number of nitrogens with one attached hydrogen (secondary N) is 1. The van der Waals surface area contributed by atoms with Crippen LogP contribution in [0.4, 0.5) is 0 Å². The van der Waals surface area contributed by atoms with Crippen LogP contribution in [0.2, 0.25) is 0 Å². The van der Waals surface area contributed by atoms with Crippen LogP contribution in [0, 0.1) is 13.8 Å². The van der Waals surface area contributed by atoms with Gasteiger partial charge in [0.05, 0.1) is 5.69 Å². The standard InChI is InChI=1S/C10H19N3/c1-8-10(6-5-7-11-3)9(2)13(4)12-8/h11H,5-7H2,1-4H3. The van der Waals surface area contributed by atoms with Crippen LogP contribution in [-0.4, -0.2) is 23.4 Å². The molecule has 0 bridgehead atoms. The first-order valence-corrected chi connectivity index (χ1v) is 4.80. The first-order valence-electron chi connectivity index (χ1n) is 4.80. The Hall–Kier alpha value is -0.830. The van der Waals surface area contributed by atoms with Crippen LogP contribution < -0.4 is 5.32 Å². The maximum Gasteiger partial charge on any atom is 0.0628 e. The van der Waals surface area contributed by atoms with Gasteiger partial charge in [-0.3, -0.25) is 4.68 Å². The van der Waals surface area contributed by atoms with E-state index in [1.807, 2.05) is 18.8 Å². The van der Waals surface area contributed by atoms with E-state index in [0.717, 1.165) is 13.0 Å². The van der Waals surface area contributed by atoms with Crippen LogP contribution in [0.15, 0.2) is 0 Å². The smallest absolute Gasteiger partial charge is 0.0628 e. The zero-order valence-electron chi connectivity index (χ0n) is 9.02. The third-order valence-corrected chi connectivity index (χ3v) is 2.51. The highest BCUT2D eigenvalue weighted by atomic mass is 15.3. The summed E-state index contributed by atoms with van der Waals surface area (Å²) in [6.07, 6.45) is 2.32. The van der Waals surface area contributed by atoms with Gasteiger partial charge >= 0.3 is 0 Å². The highest BCUT2D eigenvalue weighted by molar-refractivity contribution is 5.24. The van der Waals surface area contributed by atoms with Crippen molar-refractivity contribution in [3.8, 4) is 0 Å². The molecule has 74 valence electrons. The van der Waals surface area contributed by atoms with Crippen molar-refractivity contribution in [2.75, 3.05) is 13.6 Å². The van der Waals surface area contributed by atoms with Gasteiger partial charge in [0, 0.05) is 12.7 Å². The van der Waals surface area contributed by atoms with Gasteiger partial charge in [-0.1, -0.05) is 0 Å². The lowest BCUT2D eigenvalue weighted by molar-refractivity contribution is 0.714. The molecule has 0 unspecified atom stereocenters. The molecule has 1 N–H and O–H groups in total.